The first-order valence-corrected chi connectivity index (χ1v) is 6.62. The van der Waals surface area contributed by atoms with Crippen LogP contribution >= 0.6 is 0 Å². The minimum Gasteiger partial charge on any atom is -0.444 e. The van der Waals surface area contributed by atoms with Gasteiger partial charge in [-0.05, 0) is 27.2 Å². The highest BCUT2D eigenvalue weighted by molar-refractivity contribution is 5.72. The fraction of sp³-hybridized carbons (Fsp3) is 0.846. The topological polar surface area (TPSA) is 67.9 Å². The van der Waals surface area contributed by atoms with Gasteiger partial charge in [-0.25, -0.2) is 4.79 Å². The molecule has 6 heteroatoms. The van der Waals surface area contributed by atoms with Gasteiger partial charge in [-0.2, -0.15) is 0 Å². The van der Waals surface area contributed by atoms with Crippen molar-refractivity contribution in [2.24, 2.45) is 0 Å². The number of hydrogen-bond donors (Lipinski definition) is 1. The van der Waals surface area contributed by atoms with Gasteiger partial charge in [0.25, 0.3) is 0 Å². The molecule has 1 unspecified atom stereocenters. The van der Waals surface area contributed by atoms with Gasteiger partial charge in [-0.15, -0.1) is 0 Å². The number of morpholine rings is 1. The maximum absolute atomic E-state index is 11.9. The first-order chi connectivity index (χ1) is 8.78. The zero-order valence-corrected chi connectivity index (χ0v) is 12.2. The van der Waals surface area contributed by atoms with E-state index in [4.69, 9.17) is 9.47 Å². The van der Waals surface area contributed by atoms with Gasteiger partial charge in [0.2, 0.25) is 5.91 Å². The second-order valence-electron chi connectivity index (χ2n) is 5.69. The molecule has 110 valence electrons. The number of amides is 2. The lowest BCUT2D eigenvalue weighted by Crippen LogP contribution is -2.48. The van der Waals surface area contributed by atoms with E-state index < -0.39 is 5.60 Å². The van der Waals surface area contributed by atoms with E-state index in [0.717, 1.165) is 0 Å². The number of hydrogen-bond acceptors (Lipinski definition) is 4. The van der Waals surface area contributed by atoms with Gasteiger partial charge in [0.05, 0.1) is 19.3 Å². The summed E-state index contributed by atoms with van der Waals surface area (Å²) in [4.78, 5) is 24.4. The van der Waals surface area contributed by atoms with Crippen molar-refractivity contribution < 1.29 is 19.1 Å². The van der Waals surface area contributed by atoms with Crippen molar-refractivity contribution in [3.05, 3.63) is 0 Å². The fourth-order valence-corrected chi connectivity index (χ4v) is 1.80. The maximum atomic E-state index is 11.9. The second kappa shape index (κ2) is 6.75. The van der Waals surface area contributed by atoms with E-state index in [2.05, 4.69) is 5.32 Å². The van der Waals surface area contributed by atoms with Crippen LogP contribution in [-0.4, -0.2) is 54.8 Å². The predicted molar refractivity (Wildman–Crippen MR) is 70.8 cm³/mol. The van der Waals surface area contributed by atoms with Gasteiger partial charge in [0, 0.05) is 20.0 Å². The van der Waals surface area contributed by atoms with Crippen molar-refractivity contribution in [2.75, 3.05) is 26.2 Å². The van der Waals surface area contributed by atoms with Crippen molar-refractivity contribution in [1.82, 2.24) is 10.2 Å². The molecule has 1 heterocycles. The van der Waals surface area contributed by atoms with E-state index in [9.17, 15) is 9.59 Å². The molecule has 0 aromatic carbocycles. The molecule has 0 radical (unpaired) electrons. The van der Waals surface area contributed by atoms with E-state index in [1.54, 1.807) is 4.90 Å². The molecule has 1 aliphatic rings. The zero-order chi connectivity index (χ0) is 14.5. The van der Waals surface area contributed by atoms with Crippen LogP contribution in [0.1, 0.15) is 34.1 Å². The van der Waals surface area contributed by atoms with Gasteiger partial charge in [0.15, 0.2) is 0 Å². The number of carbonyl (C=O) groups excluding carboxylic acids is 2. The Labute approximate surface area is 114 Å². The molecule has 0 bridgehead atoms. The number of ether oxygens (including phenoxy) is 2. The van der Waals surface area contributed by atoms with Crippen LogP contribution in [0.15, 0.2) is 0 Å². The molecular formula is C13H24N2O4. The summed E-state index contributed by atoms with van der Waals surface area (Å²) in [6, 6.07) is 0. The highest BCUT2D eigenvalue weighted by Gasteiger charge is 2.27. The Morgan fingerprint density at radius 1 is 1.42 bits per heavy atom. The lowest BCUT2D eigenvalue weighted by atomic mass is 10.2. The highest BCUT2D eigenvalue weighted by atomic mass is 16.6. The first-order valence-electron chi connectivity index (χ1n) is 6.62. The molecule has 0 saturated carbocycles. The lowest BCUT2D eigenvalue weighted by Gasteiger charge is -2.34. The summed E-state index contributed by atoms with van der Waals surface area (Å²) < 4.78 is 10.9. The van der Waals surface area contributed by atoms with Crippen molar-refractivity contribution in [1.29, 1.82) is 0 Å². The molecule has 1 aliphatic heterocycles. The smallest absolute Gasteiger partial charge is 0.410 e. The normalized spacial score (nSPS) is 20.0. The molecular weight excluding hydrogens is 248 g/mol. The van der Waals surface area contributed by atoms with Crippen LogP contribution in [0.3, 0.4) is 0 Å². The number of carbonyl (C=O) groups is 2. The molecule has 1 atom stereocenters. The van der Waals surface area contributed by atoms with E-state index in [0.29, 0.717) is 32.7 Å². The molecule has 6 nitrogen and oxygen atoms in total. The van der Waals surface area contributed by atoms with Crippen LogP contribution in [0.4, 0.5) is 4.79 Å². The molecule has 0 aromatic heterocycles. The third kappa shape index (κ3) is 6.42. The molecule has 1 rings (SSSR count). The number of nitrogens with one attached hydrogen (secondary N) is 1. The SMILES string of the molecule is CC(=O)NCCC1CN(C(=O)OC(C)(C)C)CCO1. The minimum atomic E-state index is -0.485. The van der Waals surface area contributed by atoms with Gasteiger partial charge in [-0.1, -0.05) is 0 Å². The van der Waals surface area contributed by atoms with E-state index in [1.165, 1.54) is 6.92 Å². The van der Waals surface area contributed by atoms with E-state index >= 15 is 0 Å². The van der Waals surface area contributed by atoms with Gasteiger partial charge >= 0.3 is 6.09 Å². The molecule has 19 heavy (non-hydrogen) atoms. The average molecular weight is 272 g/mol. The largest absolute Gasteiger partial charge is 0.444 e. The van der Waals surface area contributed by atoms with Crippen molar-refractivity contribution in [3.8, 4) is 0 Å². The Balaban J connectivity index is 2.37. The van der Waals surface area contributed by atoms with Crippen molar-refractivity contribution in [2.45, 2.75) is 45.8 Å². The zero-order valence-electron chi connectivity index (χ0n) is 12.2. The van der Waals surface area contributed by atoms with Crippen LogP contribution in [0.2, 0.25) is 0 Å². The average Bonchev–Trinajstić information content (AvgIpc) is 2.26. The van der Waals surface area contributed by atoms with Crippen LogP contribution in [0.25, 0.3) is 0 Å². The Morgan fingerprint density at radius 3 is 2.68 bits per heavy atom. The van der Waals surface area contributed by atoms with Gasteiger partial charge in [-0.3, -0.25) is 4.79 Å². The lowest BCUT2D eigenvalue weighted by molar-refractivity contribution is -0.119. The Hall–Kier alpha value is -1.30. The summed E-state index contributed by atoms with van der Waals surface area (Å²) in [5.74, 6) is -0.0557. The molecule has 0 aromatic rings. The molecule has 0 aliphatic carbocycles. The molecule has 0 spiro atoms. The first kappa shape index (κ1) is 15.8. The predicted octanol–water partition coefficient (Wildman–Crippen LogP) is 1.15. The highest BCUT2D eigenvalue weighted by Crippen LogP contribution is 2.14. The fourth-order valence-electron chi connectivity index (χ4n) is 1.80. The summed E-state index contributed by atoms with van der Waals surface area (Å²) >= 11 is 0. The third-order valence-corrected chi connectivity index (χ3v) is 2.63. The molecule has 1 N–H and O–H groups in total. The second-order valence-corrected chi connectivity index (χ2v) is 5.69. The number of nitrogens with zero attached hydrogens (tertiary/aromatic N) is 1. The summed E-state index contributed by atoms with van der Waals surface area (Å²) in [7, 11) is 0. The Kier molecular flexibility index (Phi) is 5.60. The van der Waals surface area contributed by atoms with Crippen molar-refractivity contribution >= 4 is 12.0 Å². The molecule has 1 fully saturated rings. The Bertz CT molecular complexity index is 325. The quantitative estimate of drug-likeness (QED) is 0.837. The summed E-state index contributed by atoms with van der Waals surface area (Å²) in [6.07, 6.45) is 0.340. The van der Waals surface area contributed by atoms with Gasteiger partial charge in [0.1, 0.15) is 5.60 Å². The van der Waals surface area contributed by atoms with Crippen molar-refractivity contribution in [3.63, 3.8) is 0 Å². The van der Waals surface area contributed by atoms with E-state index in [1.807, 2.05) is 20.8 Å². The van der Waals surface area contributed by atoms with Crippen LogP contribution < -0.4 is 5.32 Å². The molecule has 1 saturated heterocycles. The summed E-state index contributed by atoms with van der Waals surface area (Å²) in [6.45, 7) is 9.14. The monoisotopic (exact) mass is 272 g/mol. The summed E-state index contributed by atoms with van der Waals surface area (Å²) in [5.41, 5.74) is -0.485. The van der Waals surface area contributed by atoms with Crippen LogP contribution in [-0.2, 0) is 14.3 Å². The molecule has 2 amide bonds. The van der Waals surface area contributed by atoms with E-state index in [-0.39, 0.29) is 18.1 Å². The van der Waals surface area contributed by atoms with Gasteiger partial charge < -0.3 is 19.7 Å². The maximum Gasteiger partial charge on any atom is 0.410 e. The van der Waals surface area contributed by atoms with Crippen LogP contribution in [0, 0.1) is 0 Å². The minimum absolute atomic E-state index is 0.0480. The standard InChI is InChI=1S/C13H24N2O4/c1-10(16)14-6-5-11-9-15(7-8-18-11)12(17)19-13(2,3)4/h11H,5-9H2,1-4H3,(H,14,16). The number of rotatable bonds is 3. The third-order valence-electron chi connectivity index (χ3n) is 2.63. The van der Waals surface area contributed by atoms with Crippen LogP contribution in [0.5, 0.6) is 0 Å². The summed E-state index contributed by atoms with van der Waals surface area (Å²) in [5, 5.41) is 2.72. The Morgan fingerprint density at radius 2 is 2.11 bits per heavy atom.